The first kappa shape index (κ1) is 17.0. The number of amides is 1. The summed E-state index contributed by atoms with van der Waals surface area (Å²) < 4.78 is 10.5. The monoisotopic (exact) mass is 354 g/mol. The van der Waals surface area contributed by atoms with Crippen molar-refractivity contribution >= 4 is 45.8 Å². The van der Waals surface area contributed by atoms with Crippen LogP contribution in [0.2, 0.25) is 0 Å². The number of nitrogens with one attached hydrogen (secondary N) is 1. The first-order chi connectivity index (χ1) is 11.1. The van der Waals surface area contributed by atoms with Crippen molar-refractivity contribution in [1.82, 2.24) is 10.2 Å². The molecule has 1 amide bonds. The molecular formula is C13H14N4O4S2. The van der Waals surface area contributed by atoms with Crippen LogP contribution in [0, 0.1) is 0 Å². The maximum Gasteiger partial charge on any atom is 0.316 e. The molecule has 0 unspecified atom stereocenters. The molecule has 122 valence electrons. The first-order valence-electron chi connectivity index (χ1n) is 6.38. The van der Waals surface area contributed by atoms with Crippen molar-refractivity contribution in [3.8, 4) is 5.75 Å². The molecule has 0 spiro atoms. The van der Waals surface area contributed by atoms with Gasteiger partial charge in [0.2, 0.25) is 5.13 Å². The molecule has 0 atom stereocenters. The second-order valence-corrected chi connectivity index (χ2v) is 6.36. The molecule has 3 N–H and O–H groups in total. The van der Waals surface area contributed by atoms with Gasteiger partial charge in [-0.3, -0.25) is 9.59 Å². The number of anilines is 2. The lowest BCUT2D eigenvalue weighted by molar-refractivity contribution is -0.144. The number of ether oxygens (including phenoxy) is 2. The van der Waals surface area contributed by atoms with Gasteiger partial charge in [0.05, 0.1) is 12.9 Å². The van der Waals surface area contributed by atoms with E-state index in [1.54, 1.807) is 31.4 Å². The summed E-state index contributed by atoms with van der Waals surface area (Å²) in [6.45, 7) is -0.357. The fraction of sp³-hybridized carbons (Fsp3) is 0.231. The van der Waals surface area contributed by atoms with E-state index in [1.807, 2.05) is 0 Å². The fourth-order valence-corrected chi connectivity index (χ4v) is 2.89. The number of methoxy groups -OCH3 is 1. The van der Waals surface area contributed by atoms with Crippen molar-refractivity contribution in [3.05, 3.63) is 24.3 Å². The first-order valence-corrected chi connectivity index (χ1v) is 8.18. The van der Waals surface area contributed by atoms with Gasteiger partial charge in [-0.1, -0.05) is 23.1 Å². The zero-order valence-corrected chi connectivity index (χ0v) is 13.8. The number of nitrogens with two attached hydrogens (primary N) is 1. The van der Waals surface area contributed by atoms with E-state index in [1.165, 1.54) is 11.3 Å². The van der Waals surface area contributed by atoms with Crippen LogP contribution in [0.25, 0.3) is 0 Å². The van der Waals surface area contributed by atoms with E-state index >= 15 is 0 Å². The molecule has 8 nitrogen and oxygen atoms in total. The van der Waals surface area contributed by atoms with E-state index in [0.29, 0.717) is 20.9 Å². The molecule has 2 aromatic rings. The van der Waals surface area contributed by atoms with Gasteiger partial charge in [-0.05, 0) is 24.3 Å². The molecule has 1 aromatic heterocycles. The number of carbonyl (C=O) groups excluding carboxylic acids is 2. The van der Waals surface area contributed by atoms with Crippen LogP contribution in [0.4, 0.5) is 10.8 Å². The lowest BCUT2D eigenvalue weighted by Gasteiger charge is -2.07. The number of carbonyl (C=O) groups is 2. The van der Waals surface area contributed by atoms with Crippen molar-refractivity contribution in [1.29, 1.82) is 0 Å². The second-order valence-electron chi connectivity index (χ2n) is 4.13. The van der Waals surface area contributed by atoms with Crippen LogP contribution < -0.4 is 15.8 Å². The Hall–Kier alpha value is -2.33. The van der Waals surface area contributed by atoms with Crippen LogP contribution in [-0.4, -0.2) is 41.5 Å². The lowest BCUT2D eigenvalue weighted by atomic mass is 10.3. The third-order valence-corrected chi connectivity index (χ3v) is 4.33. The topological polar surface area (TPSA) is 116 Å². The van der Waals surface area contributed by atoms with Gasteiger partial charge < -0.3 is 20.5 Å². The number of thioether (sulfide) groups is 1. The van der Waals surface area contributed by atoms with Gasteiger partial charge in [0.1, 0.15) is 5.75 Å². The highest BCUT2D eigenvalue weighted by molar-refractivity contribution is 8.01. The van der Waals surface area contributed by atoms with Crippen molar-refractivity contribution in [2.75, 3.05) is 30.5 Å². The number of benzene rings is 1. The van der Waals surface area contributed by atoms with Crippen molar-refractivity contribution in [2.24, 2.45) is 0 Å². The third kappa shape index (κ3) is 5.75. The van der Waals surface area contributed by atoms with Crippen molar-refractivity contribution in [3.63, 3.8) is 0 Å². The number of nitrogens with zero attached hydrogens (tertiary/aromatic N) is 2. The molecular weight excluding hydrogens is 340 g/mol. The minimum atomic E-state index is -0.520. The minimum Gasteiger partial charge on any atom is -0.497 e. The molecule has 0 radical (unpaired) electrons. The summed E-state index contributed by atoms with van der Waals surface area (Å²) in [5, 5.41) is 10.3. The fourth-order valence-electron chi connectivity index (χ4n) is 1.46. The van der Waals surface area contributed by atoms with E-state index < -0.39 is 11.9 Å². The Morgan fingerprint density at radius 3 is 2.65 bits per heavy atom. The standard InChI is InChI=1S/C13H14N4O4S2/c1-20-9-4-2-8(3-5-9)15-10(18)6-21-11(19)7-22-13-17-16-12(14)23-13/h2-5H,6-7H2,1H3,(H2,14,16)(H,15,18). The van der Waals surface area contributed by atoms with Gasteiger partial charge in [-0.2, -0.15) is 0 Å². The highest BCUT2D eigenvalue weighted by Crippen LogP contribution is 2.23. The summed E-state index contributed by atoms with van der Waals surface area (Å²) >= 11 is 2.33. The zero-order chi connectivity index (χ0) is 16.7. The summed E-state index contributed by atoms with van der Waals surface area (Å²) in [6.07, 6.45) is 0. The minimum absolute atomic E-state index is 0.0322. The Kier molecular flexibility index (Phi) is 6.18. The number of hydrogen-bond donors (Lipinski definition) is 2. The quantitative estimate of drug-likeness (QED) is 0.566. The number of hydrogen-bond acceptors (Lipinski definition) is 9. The summed E-state index contributed by atoms with van der Waals surface area (Å²) in [7, 11) is 1.56. The van der Waals surface area contributed by atoms with Crippen LogP contribution in [0.3, 0.4) is 0 Å². The average Bonchev–Trinajstić information content (AvgIpc) is 2.97. The predicted molar refractivity (Wildman–Crippen MR) is 87.6 cm³/mol. The molecule has 0 aliphatic rings. The molecule has 1 aromatic carbocycles. The molecule has 1 heterocycles. The summed E-state index contributed by atoms with van der Waals surface area (Å²) in [5.74, 6) is -0.226. The van der Waals surface area contributed by atoms with Gasteiger partial charge >= 0.3 is 5.97 Å². The Morgan fingerprint density at radius 1 is 1.30 bits per heavy atom. The molecule has 0 aliphatic heterocycles. The summed E-state index contributed by atoms with van der Waals surface area (Å²) in [4.78, 5) is 23.2. The van der Waals surface area contributed by atoms with Crippen LogP contribution in [0.15, 0.2) is 28.6 Å². The van der Waals surface area contributed by atoms with Crippen LogP contribution in [-0.2, 0) is 14.3 Å². The van der Waals surface area contributed by atoms with Crippen molar-refractivity contribution in [2.45, 2.75) is 4.34 Å². The highest BCUT2D eigenvalue weighted by Gasteiger charge is 2.10. The van der Waals surface area contributed by atoms with Gasteiger partial charge in [0.15, 0.2) is 10.9 Å². The zero-order valence-electron chi connectivity index (χ0n) is 12.1. The molecule has 10 heteroatoms. The Labute approximate surface area is 140 Å². The molecule has 2 rings (SSSR count). The normalized spacial score (nSPS) is 10.1. The lowest BCUT2D eigenvalue weighted by Crippen LogP contribution is -2.21. The van der Waals surface area contributed by atoms with Gasteiger partial charge in [0, 0.05) is 5.69 Å². The Balaban J connectivity index is 1.69. The van der Waals surface area contributed by atoms with E-state index in [9.17, 15) is 9.59 Å². The third-order valence-electron chi connectivity index (χ3n) is 2.47. The van der Waals surface area contributed by atoms with E-state index in [-0.39, 0.29) is 12.4 Å². The van der Waals surface area contributed by atoms with Gasteiger partial charge in [-0.25, -0.2) is 0 Å². The average molecular weight is 354 g/mol. The van der Waals surface area contributed by atoms with Crippen LogP contribution in [0.5, 0.6) is 5.75 Å². The van der Waals surface area contributed by atoms with Crippen LogP contribution in [0.1, 0.15) is 0 Å². The second kappa shape index (κ2) is 8.34. The highest BCUT2D eigenvalue weighted by atomic mass is 32.2. The van der Waals surface area contributed by atoms with E-state index in [0.717, 1.165) is 11.8 Å². The molecule has 0 saturated carbocycles. The summed E-state index contributed by atoms with van der Waals surface area (Å²) in [5.41, 5.74) is 6.02. The molecule has 0 bridgehead atoms. The number of rotatable bonds is 7. The van der Waals surface area contributed by atoms with Gasteiger partial charge in [0.25, 0.3) is 5.91 Å². The largest absolute Gasteiger partial charge is 0.497 e. The molecule has 0 aliphatic carbocycles. The van der Waals surface area contributed by atoms with E-state index in [2.05, 4.69) is 15.5 Å². The maximum atomic E-state index is 11.7. The Bertz CT molecular complexity index is 675. The predicted octanol–water partition coefficient (Wildman–Crippen LogP) is 1.40. The Morgan fingerprint density at radius 2 is 2.04 bits per heavy atom. The van der Waals surface area contributed by atoms with Gasteiger partial charge in [-0.15, -0.1) is 10.2 Å². The molecule has 23 heavy (non-hydrogen) atoms. The summed E-state index contributed by atoms with van der Waals surface area (Å²) in [6, 6.07) is 6.81. The maximum absolute atomic E-state index is 11.7. The van der Waals surface area contributed by atoms with E-state index in [4.69, 9.17) is 15.2 Å². The van der Waals surface area contributed by atoms with Crippen molar-refractivity contribution < 1.29 is 19.1 Å². The number of nitrogen functional groups attached to an aromatic ring is 1. The SMILES string of the molecule is COc1ccc(NC(=O)COC(=O)CSc2nnc(N)s2)cc1. The van der Waals surface area contributed by atoms with Crippen LogP contribution >= 0.6 is 23.1 Å². The number of aromatic nitrogens is 2. The molecule has 0 fully saturated rings. The smallest absolute Gasteiger partial charge is 0.316 e. The molecule has 0 saturated heterocycles. The number of esters is 1.